The number of alkyl halides is 2. The van der Waals surface area contributed by atoms with Gasteiger partial charge in [-0.3, -0.25) is 14.7 Å². The molecule has 160 valence electrons. The zero-order valence-electron chi connectivity index (χ0n) is 17.2. The summed E-state index contributed by atoms with van der Waals surface area (Å²) in [6, 6.07) is 2.15. The number of piperidine rings is 1. The van der Waals surface area contributed by atoms with Crippen LogP contribution in [0.5, 0.6) is 0 Å². The average Bonchev–Trinajstić information content (AvgIpc) is 3.21. The van der Waals surface area contributed by atoms with Crippen LogP contribution in [0, 0.1) is 12.3 Å². The van der Waals surface area contributed by atoms with Crippen molar-refractivity contribution in [3.05, 3.63) is 36.1 Å². The molecule has 30 heavy (non-hydrogen) atoms. The second kappa shape index (κ2) is 8.47. The molecule has 2 aromatic heterocycles. The van der Waals surface area contributed by atoms with Crippen molar-refractivity contribution in [1.82, 2.24) is 19.3 Å². The molecule has 0 aromatic carbocycles. The van der Waals surface area contributed by atoms with Gasteiger partial charge in [0.2, 0.25) is 0 Å². The summed E-state index contributed by atoms with van der Waals surface area (Å²) < 4.78 is 27.4. The molecule has 2 aromatic rings. The lowest BCUT2D eigenvalue weighted by Crippen LogP contribution is -2.64. The lowest BCUT2D eigenvalue weighted by atomic mass is 9.76. The molecule has 2 aliphatic heterocycles. The van der Waals surface area contributed by atoms with Gasteiger partial charge in [0.05, 0.1) is 29.0 Å². The summed E-state index contributed by atoms with van der Waals surface area (Å²) in [5, 5.41) is 7.21. The first kappa shape index (κ1) is 21.0. The van der Waals surface area contributed by atoms with E-state index in [9.17, 15) is 8.78 Å². The van der Waals surface area contributed by atoms with Gasteiger partial charge in [-0.2, -0.15) is 0 Å². The highest BCUT2D eigenvalue weighted by atomic mass is 32.2. The highest BCUT2D eigenvalue weighted by Gasteiger charge is 2.47. The molecule has 0 atom stereocenters. The van der Waals surface area contributed by atoms with E-state index in [0.717, 1.165) is 61.2 Å². The summed E-state index contributed by atoms with van der Waals surface area (Å²) in [6.45, 7) is 5.29. The van der Waals surface area contributed by atoms with Crippen molar-refractivity contribution >= 4 is 29.4 Å². The van der Waals surface area contributed by atoms with E-state index in [1.165, 1.54) is 12.5 Å². The number of anilines is 1. The fourth-order valence-corrected chi connectivity index (χ4v) is 4.82. The topological polar surface area (TPSA) is 71.9 Å². The van der Waals surface area contributed by atoms with Gasteiger partial charge < -0.3 is 9.88 Å². The average molecular weight is 433 g/mol. The van der Waals surface area contributed by atoms with E-state index >= 15 is 0 Å². The number of hydrogen-bond acceptors (Lipinski definition) is 6. The predicted octanol–water partition coefficient (Wildman–Crippen LogP) is 4.40. The highest BCUT2D eigenvalue weighted by Crippen LogP contribution is 2.45. The van der Waals surface area contributed by atoms with Gasteiger partial charge in [0.15, 0.2) is 0 Å². The van der Waals surface area contributed by atoms with Crippen LogP contribution >= 0.6 is 11.9 Å². The standard InChI is InChI=1S/C21H26F2N6S/c1-14-18(29-10-7-21(29)5-8-28(30-2)9-6-21)11-15(12-25-14)17-13-26-19(27-17)4-3-16(24)20(22)23/h3-4,11-13,20,24H,5-10H2,1-2H3,(H,26,27)/b4-3-,24-16?. The summed E-state index contributed by atoms with van der Waals surface area (Å²) in [5.41, 5.74) is 3.35. The number of aromatic amines is 1. The molecule has 9 heteroatoms. The van der Waals surface area contributed by atoms with Crippen LogP contribution in [0.1, 0.15) is 30.8 Å². The van der Waals surface area contributed by atoms with Crippen LogP contribution in [0.15, 0.2) is 24.5 Å². The molecule has 0 aliphatic carbocycles. The molecule has 4 rings (SSSR count). The Balaban J connectivity index is 1.54. The number of allylic oxidation sites excluding steroid dienone is 1. The molecule has 2 fully saturated rings. The van der Waals surface area contributed by atoms with Crippen molar-refractivity contribution in [3.63, 3.8) is 0 Å². The Hall–Kier alpha value is -2.26. The molecule has 0 amide bonds. The van der Waals surface area contributed by atoms with Gasteiger partial charge in [-0.1, -0.05) is 11.9 Å². The maximum atomic E-state index is 12.5. The van der Waals surface area contributed by atoms with Gasteiger partial charge in [0.25, 0.3) is 6.43 Å². The molecule has 4 heterocycles. The normalized spacial score (nSPS) is 19.0. The fourth-order valence-electron chi connectivity index (χ4n) is 4.27. The van der Waals surface area contributed by atoms with E-state index in [1.54, 1.807) is 6.20 Å². The molecule has 2 aliphatic rings. The molecule has 2 saturated heterocycles. The predicted molar refractivity (Wildman–Crippen MR) is 118 cm³/mol. The van der Waals surface area contributed by atoms with Gasteiger partial charge in [-0.15, -0.1) is 0 Å². The molecule has 0 radical (unpaired) electrons. The monoisotopic (exact) mass is 432 g/mol. The van der Waals surface area contributed by atoms with E-state index in [4.69, 9.17) is 5.41 Å². The summed E-state index contributed by atoms with van der Waals surface area (Å²) in [5.74, 6) is 0.433. The number of pyridine rings is 1. The second-order valence-electron chi connectivity index (χ2n) is 7.84. The van der Waals surface area contributed by atoms with Crippen molar-refractivity contribution in [3.8, 4) is 11.3 Å². The Kier molecular flexibility index (Phi) is 5.92. The number of nitrogens with one attached hydrogen (secondary N) is 2. The molecular weight excluding hydrogens is 406 g/mol. The first-order valence-corrected chi connectivity index (χ1v) is 11.2. The molecule has 6 nitrogen and oxygen atoms in total. The zero-order chi connectivity index (χ0) is 21.3. The smallest absolute Gasteiger partial charge is 0.279 e. The first-order chi connectivity index (χ1) is 14.4. The largest absolute Gasteiger partial charge is 0.364 e. The van der Waals surface area contributed by atoms with E-state index in [-0.39, 0.29) is 5.54 Å². The summed E-state index contributed by atoms with van der Waals surface area (Å²) in [4.78, 5) is 14.5. The van der Waals surface area contributed by atoms with Crippen molar-refractivity contribution in [1.29, 1.82) is 5.41 Å². The highest BCUT2D eigenvalue weighted by molar-refractivity contribution is 7.96. The third-order valence-electron chi connectivity index (χ3n) is 6.20. The third kappa shape index (κ3) is 4.00. The molecular formula is C21H26F2N6S. The summed E-state index contributed by atoms with van der Waals surface area (Å²) in [7, 11) is 0. The number of hydrogen-bond donors (Lipinski definition) is 2. The number of rotatable bonds is 6. The Morgan fingerprint density at radius 2 is 1.97 bits per heavy atom. The minimum atomic E-state index is -2.79. The maximum absolute atomic E-state index is 12.5. The quantitative estimate of drug-likeness (QED) is 0.523. The lowest BCUT2D eigenvalue weighted by Gasteiger charge is -2.57. The van der Waals surface area contributed by atoms with Crippen LogP contribution in [0.3, 0.4) is 0 Å². The Morgan fingerprint density at radius 1 is 1.23 bits per heavy atom. The van der Waals surface area contributed by atoms with E-state index in [1.807, 2.05) is 25.1 Å². The minimum absolute atomic E-state index is 0.231. The van der Waals surface area contributed by atoms with Crippen LogP contribution < -0.4 is 4.90 Å². The van der Waals surface area contributed by atoms with Crippen molar-refractivity contribution < 1.29 is 8.78 Å². The van der Waals surface area contributed by atoms with E-state index < -0.39 is 12.1 Å². The third-order valence-corrected chi connectivity index (χ3v) is 7.08. The SMILES string of the molecule is CSN1CCC2(CC1)CCN2c1cc(-c2cnc(/C=C\C(=N)C(F)F)[nH]2)cnc1C. The number of H-pyrrole nitrogens is 1. The Bertz CT molecular complexity index is 949. The van der Waals surface area contributed by atoms with Crippen LogP contribution in [0.2, 0.25) is 0 Å². The number of aryl methyl sites for hydroxylation is 1. The number of halogens is 2. The van der Waals surface area contributed by atoms with Crippen LogP contribution in [-0.4, -0.2) is 62.8 Å². The molecule has 0 bridgehead atoms. The fraction of sp³-hybridized carbons (Fsp3) is 0.476. The lowest BCUT2D eigenvalue weighted by molar-refractivity contribution is 0.170. The van der Waals surface area contributed by atoms with E-state index in [2.05, 4.69) is 36.5 Å². The molecule has 1 spiro atoms. The van der Waals surface area contributed by atoms with Crippen LogP contribution in [0.4, 0.5) is 14.5 Å². The second-order valence-corrected chi connectivity index (χ2v) is 8.72. The molecule has 2 N–H and O–H groups in total. The van der Waals surface area contributed by atoms with Gasteiger partial charge in [-0.05, 0) is 50.7 Å². The molecule has 0 saturated carbocycles. The zero-order valence-corrected chi connectivity index (χ0v) is 18.0. The number of aromatic nitrogens is 3. The Morgan fingerprint density at radius 3 is 2.60 bits per heavy atom. The Labute approximate surface area is 179 Å². The first-order valence-electron chi connectivity index (χ1n) is 10.1. The van der Waals surface area contributed by atoms with Crippen LogP contribution in [0.25, 0.3) is 17.3 Å². The number of imidazole rings is 1. The van der Waals surface area contributed by atoms with E-state index in [0.29, 0.717) is 5.82 Å². The van der Waals surface area contributed by atoms with Crippen molar-refractivity contribution in [2.75, 3.05) is 30.8 Å². The van der Waals surface area contributed by atoms with Crippen LogP contribution in [-0.2, 0) is 0 Å². The minimum Gasteiger partial charge on any atom is -0.364 e. The summed E-state index contributed by atoms with van der Waals surface area (Å²) in [6.07, 6.45) is 8.83. The van der Waals surface area contributed by atoms with Gasteiger partial charge >= 0.3 is 0 Å². The molecule has 0 unspecified atom stereocenters. The van der Waals surface area contributed by atoms with Gasteiger partial charge in [0.1, 0.15) is 5.82 Å². The number of nitrogens with zero attached hydrogens (tertiary/aromatic N) is 4. The van der Waals surface area contributed by atoms with Gasteiger partial charge in [0, 0.05) is 36.9 Å². The van der Waals surface area contributed by atoms with Crippen molar-refractivity contribution in [2.24, 2.45) is 0 Å². The van der Waals surface area contributed by atoms with Crippen molar-refractivity contribution in [2.45, 2.75) is 38.2 Å². The van der Waals surface area contributed by atoms with Gasteiger partial charge in [-0.25, -0.2) is 13.8 Å². The summed E-state index contributed by atoms with van der Waals surface area (Å²) >= 11 is 1.82. The maximum Gasteiger partial charge on any atom is 0.279 e.